The molecule has 5 aromatic rings. The Bertz CT molecular complexity index is 1230. The van der Waals surface area contributed by atoms with Crippen molar-refractivity contribution < 1.29 is 4.52 Å². The minimum absolute atomic E-state index is 0.512. The molecule has 3 aromatic heterocycles. The van der Waals surface area contributed by atoms with Gasteiger partial charge in [-0.15, -0.1) is 10.2 Å². The van der Waals surface area contributed by atoms with Gasteiger partial charge in [-0.3, -0.25) is 4.40 Å². The molecule has 0 bridgehead atoms. The number of thiazole rings is 1. The molecule has 26 heavy (non-hydrogen) atoms. The van der Waals surface area contributed by atoms with Gasteiger partial charge in [-0.2, -0.15) is 4.98 Å². The van der Waals surface area contributed by atoms with Gasteiger partial charge in [-0.05, 0) is 24.3 Å². The lowest BCUT2D eigenvalue weighted by Crippen LogP contribution is -1.87. The summed E-state index contributed by atoms with van der Waals surface area (Å²) in [7, 11) is 0. The van der Waals surface area contributed by atoms with Crippen molar-refractivity contribution in [3.05, 3.63) is 59.4 Å². The summed E-state index contributed by atoms with van der Waals surface area (Å²) in [6, 6.07) is 15.6. The van der Waals surface area contributed by atoms with Crippen molar-refractivity contribution in [3.8, 4) is 11.4 Å². The molecule has 0 atom stereocenters. The van der Waals surface area contributed by atoms with Crippen molar-refractivity contribution in [1.29, 1.82) is 0 Å². The van der Waals surface area contributed by atoms with Crippen LogP contribution in [0.4, 0.5) is 0 Å². The van der Waals surface area contributed by atoms with Crippen molar-refractivity contribution in [2.75, 3.05) is 0 Å². The maximum absolute atomic E-state index is 6.02. The van der Waals surface area contributed by atoms with Gasteiger partial charge in [-0.25, -0.2) is 0 Å². The fraction of sp³-hybridized carbons (Fsp3) is 0.0588. The van der Waals surface area contributed by atoms with Gasteiger partial charge in [0.2, 0.25) is 16.7 Å². The van der Waals surface area contributed by atoms with Gasteiger partial charge >= 0.3 is 0 Å². The number of fused-ring (bicyclic) bond motifs is 3. The van der Waals surface area contributed by atoms with E-state index in [4.69, 9.17) is 16.1 Å². The summed E-state index contributed by atoms with van der Waals surface area (Å²) in [5, 5.41) is 14.0. The standard InChI is InChI=1S/C17H10ClN5OS2/c18-11-5-3-4-10(8-11)15-19-14(24-22-15)9-25-16-20-21-17-23(16)12-6-1-2-7-13(12)26-17/h1-8H,9H2. The lowest BCUT2D eigenvalue weighted by Gasteiger charge is -1.96. The fourth-order valence-electron chi connectivity index (χ4n) is 2.63. The van der Waals surface area contributed by atoms with Crippen LogP contribution in [-0.4, -0.2) is 24.7 Å². The lowest BCUT2D eigenvalue weighted by molar-refractivity contribution is 0.391. The largest absolute Gasteiger partial charge is 0.338 e. The van der Waals surface area contributed by atoms with Crippen LogP contribution in [-0.2, 0) is 5.75 Å². The van der Waals surface area contributed by atoms with E-state index in [-0.39, 0.29) is 0 Å². The zero-order valence-corrected chi connectivity index (χ0v) is 15.6. The Morgan fingerprint density at radius 2 is 2.04 bits per heavy atom. The van der Waals surface area contributed by atoms with Gasteiger partial charge in [-0.1, -0.05) is 64.1 Å². The molecule has 128 valence electrons. The first-order valence-corrected chi connectivity index (χ1v) is 9.90. The molecule has 0 aliphatic carbocycles. The molecule has 0 saturated heterocycles. The van der Waals surface area contributed by atoms with E-state index in [1.807, 2.05) is 36.4 Å². The molecule has 6 nitrogen and oxygen atoms in total. The first kappa shape index (κ1) is 15.8. The second-order valence-electron chi connectivity index (χ2n) is 5.48. The Hall–Kier alpha value is -2.42. The van der Waals surface area contributed by atoms with Crippen LogP contribution in [0.25, 0.3) is 26.6 Å². The molecule has 0 aliphatic rings. The molecule has 5 rings (SSSR count). The number of nitrogens with zero attached hydrogens (tertiary/aromatic N) is 5. The number of rotatable bonds is 4. The molecule has 0 saturated carbocycles. The fourth-order valence-corrected chi connectivity index (χ4v) is 4.63. The Balaban J connectivity index is 1.41. The predicted octanol–water partition coefficient (Wildman–Crippen LogP) is 4.94. The molecule has 0 spiro atoms. The van der Waals surface area contributed by atoms with Gasteiger partial charge in [0, 0.05) is 10.6 Å². The smallest absolute Gasteiger partial charge is 0.237 e. The lowest BCUT2D eigenvalue weighted by atomic mass is 10.2. The van der Waals surface area contributed by atoms with Crippen molar-refractivity contribution in [2.45, 2.75) is 10.9 Å². The van der Waals surface area contributed by atoms with E-state index >= 15 is 0 Å². The SMILES string of the molecule is Clc1cccc(-c2noc(CSc3nnc4sc5ccccc5n34)n2)c1. The second kappa shape index (κ2) is 6.39. The van der Waals surface area contributed by atoms with Gasteiger partial charge in [0.25, 0.3) is 0 Å². The quantitative estimate of drug-likeness (QED) is 0.399. The summed E-state index contributed by atoms with van der Waals surface area (Å²) < 4.78 is 8.59. The maximum Gasteiger partial charge on any atom is 0.237 e. The molecule has 0 aliphatic heterocycles. The van der Waals surface area contributed by atoms with Gasteiger partial charge in [0.05, 0.1) is 16.0 Å². The number of benzene rings is 2. The van der Waals surface area contributed by atoms with Crippen molar-refractivity contribution in [3.63, 3.8) is 0 Å². The van der Waals surface area contributed by atoms with E-state index in [0.717, 1.165) is 21.2 Å². The highest BCUT2D eigenvalue weighted by Crippen LogP contribution is 2.30. The van der Waals surface area contributed by atoms with Crippen molar-refractivity contribution in [1.82, 2.24) is 24.7 Å². The molecule has 0 N–H and O–H groups in total. The number of halogens is 1. The first-order valence-electron chi connectivity index (χ1n) is 7.72. The third kappa shape index (κ3) is 2.76. The summed E-state index contributed by atoms with van der Waals surface area (Å²) in [5.41, 5.74) is 1.93. The number of hydrogen-bond donors (Lipinski definition) is 0. The average Bonchev–Trinajstić information content (AvgIpc) is 3.35. The van der Waals surface area contributed by atoms with Gasteiger partial charge < -0.3 is 4.52 Å². The summed E-state index contributed by atoms with van der Waals surface area (Å²) in [5.74, 6) is 1.56. The van der Waals surface area contributed by atoms with Crippen LogP contribution in [0, 0.1) is 0 Å². The molecule has 0 radical (unpaired) electrons. The highest BCUT2D eigenvalue weighted by molar-refractivity contribution is 7.98. The third-order valence-corrected chi connectivity index (χ3v) is 5.95. The Labute approximate surface area is 160 Å². The van der Waals surface area contributed by atoms with E-state index in [1.54, 1.807) is 11.3 Å². The summed E-state index contributed by atoms with van der Waals surface area (Å²) in [6.45, 7) is 0. The average molecular weight is 400 g/mol. The predicted molar refractivity (Wildman–Crippen MR) is 103 cm³/mol. The van der Waals surface area contributed by atoms with E-state index in [2.05, 4.69) is 36.9 Å². The Morgan fingerprint density at radius 3 is 2.96 bits per heavy atom. The van der Waals surface area contributed by atoms with E-state index in [9.17, 15) is 0 Å². The molecule has 0 amide bonds. The van der Waals surface area contributed by atoms with Crippen LogP contribution in [0.3, 0.4) is 0 Å². The van der Waals surface area contributed by atoms with E-state index < -0.39 is 0 Å². The summed E-state index contributed by atoms with van der Waals surface area (Å²) >= 11 is 9.15. The molecular weight excluding hydrogens is 390 g/mol. The molecule has 0 fully saturated rings. The number of thioether (sulfide) groups is 1. The third-order valence-electron chi connectivity index (χ3n) is 3.79. The molecule has 0 unspecified atom stereocenters. The van der Waals surface area contributed by atoms with E-state index in [1.165, 1.54) is 16.5 Å². The van der Waals surface area contributed by atoms with Gasteiger partial charge in [0.1, 0.15) is 0 Å². The van der Waals surface area contributed by atoms with E-state index in [0.29, 0.717) is 22.5 Å². The Morgan fingerprint density at radius 1 is 1.12 bits per heavy atom. The number of aromatic nitrogens is 5. The summed E-state index contributed by atoms with van der Waals surface area (Å²) in [6.07, 6.45) is 0. The van der Waals surface area contributed by atoms with Crippen LogP contribution in [0.1, 0.15) is 5.89 Å². The normalized spacial score (nSPS) is 11.6. The maximum atomic E-state index is 6.02. The zero-order valence-electron chi connectivity index (χ0n) is 13.2. The summed E-state index contributed by atoms with van der Waals surface area (Å²) in [4.78, 5) is 5.31. The van der Waals surface area contributed by atoms with Crippen molar-refractivity contribution >= 4 is 49.9 Å². The molecular formula is C17H10ClN5OS2. The first-order chi connectivity index (χ1) is 12.8. The van der Waals surface area contributed by atoms with Crippen LogP contribution >= 0.6 is 34.7 Å². The minimum Gasteiger partial charge on any atom is -0.338 e. The van der Waals surface area contributed by atoms with Crippen LogP contribution < -0.4 is 0 Å². The van der Waals surface area contributed by atoms with Crippen LogP contribution in [0.15, 0.2) is 58.2 Å². The molecule has 3 heterocycles. The van der Waals surface area contributed by atoms with Crippen molar-refractivity contribution in [2.24, 2.45) is 0 Å². The highest BCUT2D eigenvalue weighted by atomic mass is 35.5. The highest BCUT2D eigenvalue weighted by Gasteiger charge is 2.15. The monoisotopic (exact) mass is 399 g/mol. The van der Waals surface area contributed by atoms with Gasteiger partial charge in [0.15, 0.2) is 5.16 Å². The van der Waals surface area contributed by atoms with Crippen LogP contribution in [0.2, 0.25) is 5.02 Å². The minimum atomic E-state index is 0.512. The second-order valence-corrected chi connectivity index (χ2v) is 7.87. The zero-order chi connectivity index (χ0) is 17.5. The molecule has 2 aromatic carbocycles. The molecule has 9 heteroatoms. The number of hydrogen-bond acceptors (Lipinski definition) is 7. The van der Waals surface area contributed by atoms with Crippen LogP contribution in [0.5, 0.6) is 0 Å². The number of para-hydroxylation sites is 1. The topological polar surface area (TPSA) is 69.1 Å². The Kier molecular flexibility index (Phi) is 3.88.